The number of nitrogens with zero attached hydrogens (tertiary/aromatic N) is 1. The van der Waals surface area contributed by atoms with Gasteiger partial charge in [-0.25, -0.2) is 5.84 Å². The lowest BCUT2D eigenvalue weighted by Crippen LogP contribution is -2.26. The summed E-state index contributed by atoms with van der Waals surface area (Å²) in [6, 6.07) is 13.5. The average Bonchev–Trinajstić information content (AvgIpc) is 3.44. The third kappa shape index (κ3) is 3.79. The van der Waals surface area contributed by atoms with Crippen molar-refractivity contribution < 1.29 is 0 Å². The highest BCUT2D eigenvalue weighted by Crippen LogP contribution is 2.45. The quantitative estimate of drug-likeness (QED) is 0.422. The van der Waals surface area contributed by atoms with Crippen molar-refractivity contribution in [1.29, 1.82) is 0 Å². The van der Waals surface area contributed by atoms with Gasteiger partial charge in [-0.3, -0.25) is 0 Å². The molecule has 0 heterocycles. The lowest BCUT2D eigenvalue weighted by Gasteiger charge is -2.20. The first-order valence-corrected chi connectivity index (χ1v) is 9.97. The minimum absolute atomic E-state index is 0.744. The van der Waals surface area contributed by atoms with Crippen LogP contribution in [0.15, 0.2) is 41.3 Å². The molecule has 3 heteroatoms. The van der Waals surface area contributed by atoms with Gasteiger partial charge in [0.25, 0.3) is 0 Å². The molecule has 2 N–H and O–H groups in total. The minimum atomic E-state index is 0.744. The largest absolute Gasteiger partial charge is 0.314 e. The second-order valence-electron chi connectivity index (χ2n) is 6.67. The van der Waals surface area contributed by atoms with Crippen LogP contribution in [-0.2, 0) is 18.6 Å². The Bertz CT molecular complexity index is 685. The van der Waals surface area contributed by atoms with Crippen LogP contribution in [0.3, 0.4) is 0 Å². The fourth-order valence-electron chi connectivity index (χ4n) is 3.25. The van der Waals surface area contributed by atoms with Crippen molar-refractivity contribution in [2.75, 3.05) is 12.1 Å². The normalized spacial score (nSPS) is 14.0. The molecule has 1 aliphatic rings. The van der Waals surface area contributed by atoms with E-state index in [1.54, 1.807) is 5.01 Å². The molecular formula is C21H28N2S. The fraction of sp³-hybridized carbons (Fsp3) is 0.429. The zero-order valence-corrected chi connectivity index (χ0v) is 15.8. The molecule has 2 nitrogen and oxygen atoms in total. The molecule has 24 heavy (non-hydrogen) atoms. The Balaban J connectivity index is 1.89. The van der Waals surface area contributed by atoms with Crippen molar-refractivity contribution in [3.8, 4) is 0 Å². The van der Waals surface area contributed by atoms with E-state index in [1.807, 2.05) is 18.8 Å². The van der Waals surface area contributed by atoms with Gasteiger partial charge in [0, 0.05) is 17.7 Å². The predicted molar refractivity (Wildman–Crippen MR) is 106 cm³/mol. The van der Waals surface area contributed by atoms with Crippen LogP contribution in [0.2, 0.25) is 0 Å². The van der Waals surface area contributed by atoms with Gasteiger partial charge in [0.1, 0.15) is 0 Å². The maximum atomic E-state index is 6.10. The van der Waals surface area contributed by atoms with E-state index >= 15 is 0 Å². The van der Waals surface area contributed by atoms with Crippen LogP contribution in [0.1, 0.15) is 54.9 Å². The monoisotopic (exact) mass is 340 g/mol. The van der Waals surface area contributed by atoms with E-state index < -0.39 is 0 Å². The van der Waals surface area contributed by atoms with E-state index in [-0.39, 0.29) is 0 Å². The van der Waals surface area contributed by atoms with E-state index in [2.05, 4.69) is 50.2 Å². The molecule has 0 aromatic heterocycles. The van der Waals surface area contributed by atoms with Crippen LogP contribution < -0.4 is 10.9 Å². The Morgan fingerprint density at radius 3 is 2.54 bits per heavy atom. The average molecular weight is 341 g/mol. The van der Waals surface area contributed by atoms with Crippen molar-refractivity contribution in [2.45, 2.75) is 56.1 Å². The van der Waals surface area contributed by atoms with Gasteiger partial charge in [-0.1, -0.05) is 38.1 Å². The highest BCUT2D eigenvalue weighted by atomic mass is 32.2. The van der Waals surface area contributed by atoms with Gasteiger partial charge in [-0.2, -0.15) is 0 Å². The predicted octanol–water partition coefficient (Wildman–Crippen LogP) is 5.29. The summed E-state index contributed by atoms with van der Waals surface area (Å²) in [4.78, 5) is 1.42. The summed E-state index contributed by atoms with van der Waals surface area (Å²) in [7, 11) is 1.94. The van der Waals surface area contributed by atoms with Crippen molar-refractivity contribution >= 4 is 17.4 Å². The molecule has 0 bridgehead atoms. The highest BCUT2D eigenvalue weighted by molar-refractivity contribution is 7.98. The molecular weight excluding hydrogens is 312 g/mol. The third-order valence-corrected chi connectivity index (χ3v) is 6.00. The summed E-state index contributed by atoms with van der Waals surface area (Å²) in [6.07, 6.45) is 4.81. The van der Waals surface area contributed by atoms with Gasteiger partial charge in [0.2, 0.25) is 0 Å². The first-order chi connectivity index (χ1) is 11.6. The Morgan fingerprint density at radius 2 is 1.92 bits per heavy atom. The molecule has 0 amide bonds. The number of hydrazine groups is 1. The molecule has 128 valence electrons. The Kier molecular flexibility index (Phi) is 5.52. The molecule has 0 unspecified atom stereocenters. The first kappa shape index (κ1) is 17.4. The third-order valence-electron chi connectivity index (χ3n) is 4.88. The van der Waals surface area contributed by atoms with Crippen molar-refractivity contribution in [3.63, 3.8) is 0 Å². The lowest BCUT2D eigenvalue weighted by molar-refractivity contribution is 0.986. The van der Waals surface area contributed by atoms with E-state index in [4.69, 9.17) is 5.84 Å². The van der Waals surface area contributed by atoms with Crippen LogP contribution in [0.25, 0.3) is 0 Å². The molecule has 1 fully saturated rings. The second-order valence-corrected chi connectivity index (χ2v) is 7.69. The topological polar surface area (TPSA) is 29.3 Å². The maximum Gasteiger partial charge on any atom is 0.0557 e. The van der Waals surface area contributed by atoms with Crippen LogP contribution >= 0.6 is 11.8 Å². The molecule has 0 spiro atoms. The number of aryl methyl sites for hydroxylation is 2. The Hall–Kier alpha value is -1.45. The van der Waals surface area contributed by atoms with Crippen LogP contribution in [0.4, 0.5) is 5.69 Å². The molecule has 3 rings (SSSR count). The van der Waals surface area contributed by atoms with Gasteiger partial charge in [0.05, 0.1) is 5.69 Å². The Morgan fingerprint density at radius 1 is 1.12 bits per heavy atom. The number of benzene rings is 2. The summed E-state index contributed by atoms with van der Waals surface area (Å²) >= 11 is 1.96. The molecule has 0 radical (unpaired) electrons. The van der Waals surface area contributed by atoms with Crippen LogP contribution in [0, 0.1) is 0 Å². The molecule has 1 aliphatic carbocycles. The number of anilines is 1. The first-order valence-electron chi connectivity index (χ1n) is 8.98. The van der Waals surface area contributed by atoms with Crippen molar-refractivity contribution in [1.82, 2.24) is 0 Å². The summed E-state index contributed by atoms with van der Waals surface area (Å²) < 4.78 is 0. The SMILES string of the molecule is CCc1ccc(CC)c(SCc2c(C3CC3)cccc2N(C)N)c1. The number of thioether (sulfide) groups is 1. The molecule has 0 aliphatic heterocycles. The maximum absolute atomic E-state index is 6.10. The molecule has 0 saturated heterocycles. The van der Waals surface area contributed by atoms with Crippen LogP contribution in [0.5, 0.6) is 0 Å². The summed E-state index contributed by atoms with van der Waals surface area (Å²) in [6.45, 7) is 4.46. The lowest BCUT2D eigenvalue weighted by atomic mass is 10.0. The van der Waals surface area contributed by atoms with E-state index in [0.717, 1.165) is 30.2 Å². The molecule has 1 saturated carbocycles. The summed E-state index contributed by atoms with van der Waals surface area (Å²) in [5, 5.41) is 1.77. The number of nitrogens with two attached hydrogens (primary N) is 1. The van der Waals surface area contributed by atoms with Gasteiger partial charge >= 0.3 is 0 Å². The minimum Gasteiger partial charge on any atom is -0.314 e. The van der Waals surface area contributed by atoms with Crippen LogP contribution in [-0.4, -0.2) is 7.05 Å². The van der Waals surface area contributed by atoms with Crippen molar-refractivity contribution in [2.24, 2.45) is 5.84 Å². The van der Waals surface area contributed by atoms with Crippen molar-refractivity contribution in [3.05, 3.63) is 58.7 Å². The molecule has 2 aromatic carbocycles. The number of rotatable bonds is 7. The van der Waals surface area contributed by atoms with E-state index in [0.29, 0.717) is 0 Å². The zero-order valence-electron chi connectivity index (χ0n) is 15.0. The standard InChI is InChI=1S/C21H28N2S/c1-4-15-9-10-16(5-2)21(13-15)24-14-19-18(17-11-12-17)7-6-8-20(19)23(3)22/h6-10,13,17H,4-5,11-12,14,22H2,1-3H3. The van der Waals surface area contributed by atoms with Gasteiger partial charge in [0.15, 0.2) is 0 Å². The van der Waals surface area contributed by atoms with E-state index in [9.17, 15) is 0 Å². The summed E-state index contributed by atoms with van der Waals surface area (Å²) in [5.74, 6) is 7.83. The summed E-state index contributed by atoms with van der Waals surface area (Å²) in [5.41, 5.74) is 6.95. The highest BCUT2D eigenvalue weighted by Gasteiger charge is 2.27. The van der Waals surface area contributed by atoms with E-state index in [1.165, 1.54) is 40.0 Å². The number of hydrogen-bond acceptors (Lipinski definition) is 3. The zero-order chi connectivity index (χ0) is 17.1. The van der Waals surface area contributed by atoms with Gasteiger partial charge < -0.3 is 5.01 Å². The Labute approximate surface area is 150 Å². The molecule has 2 aromatic rings. The number of hydrogen-bond donors (Lipinski definition) is 1. The van der Waals surface area contributed by atoms with Gasteiger partial charge in [-0.05, 0) is 66.0 Å². The molecule has 0 atom stereocenters. The second kappa shape index (κ2) is 7.62. The smallest absolute Gasteiger partial charge is 0.0557 e. The fourth-order valence-corrected chi connectivity index (χ4v) is 4.50. The van der Waals surface area contributed by atoms with Gasteiger partial charge in [-0.15, -0.1) is 11.8 Å².